The number of hydrogen-bond acceptors (Lipinski definition) is 1. The first kappa shape index (κ1) is 10.5. The van der Waals surface area contributed by atoms with Gasteiger partial charge in [0.25, 0.3) is 0 Å². The Kier molecular flexibility index (Phi) is 2.63. The van der Waals surface area contributed by atoms with Crippen LogP contribution in [0.4, 0.5) is 0 Å². The molecule has 1 aliphatic heterocycles. The first-order chi connectivity index (χ1) is 6.55. The van der Waals surface area contributed by atoms with Gasteiger partial charge in [0.2, 0.25) is 0 Å². The summed E-state index contributed by atoms with van der Waals surface area (Å²) >= 11 is 0. The average molecular weight is 195 g/mol. The van der Waals surface area contributed by atoms with E-state index in [9.17, 15) is 0 Å². The van der Waals surface area contributed by atoms with E-state index in [1.807, 2.05) is 0 Å². The van der Waals surface area contributed by atoms with Crippen molar-refractivity contribution in [2.75, 3.05) is 6.54 Å². The summed E-state index contributed by atoms with van der Waals surface area (Å²) in [4.78, 5) is 2.77. The molecular weight excluding hydrogens is 170 g/mol. The molecule has 1 heteroatoms. The molecular formula is C13H25N. The second-order valence-corrected chi connectivity index (χ2v) is 6.01. The van der Waals surface area contributed by atoms with Crippen molar-refractivity contribution in [3.63, 3.8) is 0 Å². The third-order valence-electron chi connectivity index (χ3n) is 4.39. The second kappa shape index (κ2) is 3.52. The molecule has 0 aromatic carbocycles. The molecule has 2 rings (SSSR count). The van der Waals surface area contributed by atoms with Gasteiger partial charge in [0.1, 0.15) is 0 Å². The summed E-state index contributed by atoms with van der Waals surface area (Å²) in [6, 6.07) is 0.755. The van der Waals surface area contributed by atoms with E-state index in [4.69, 9.17) is 0 Å². The molecule has 0 amide bonds. The molecule has 1 nitrogen and oxygen atoms in total. The summed E-state index contributed by atoms with van der Waals surface area (Å²) in [7, 11) is 0. The molecule has 1 aliphatic carbocycles. The van der Waals surface area contributed by atoms with Crippen molar-refractivity contribution >= 4 is 0 Å². The van der Waals surface area contributed by atoms with Gasteiger partial charge in [0.05, 0.1) is 0 Å². The molecule has 1 atom stereocenters. The first-order valence-electron chi connectivity index (χ1n) is 6.32. The van der Waals surface area contributed by atoms with Crippen LogP contribution < -0.4 is 0 Å². The molecule has 1 spiro atoms. The number of likely N-dealkylation sites (tertiary alicyclic amines) is 1. The summed E-state index contributed by atoms with van der Waals surface area (Å²) in [5.41, 5.74) is 0.654. The molecule has 0 radical (unpaired) electrons. The van der Waals surface area contributed by atoms with E-state index >= 15 is 0 Å². The zero-order chi connectivity index (χ0) is 10.3. The fourth-order valence-corrected chi connectivity index (χ4v) is 3.26. The van der Waals surface area contributed by atoms with Crippen LogP contribution in [0.1, 0.15) is 53.4 Å². The summed E-state index contributed by atoms with van der Waals surface area (Å²) in [5.74, 6) is 1.88. The highest BCUT2D eigenvalue weighted by atomic mass is 15.3. The van der Waals surface area contributed by atoms with Gasteiger partial charge in [0.15, 0.2) is 0 Å². The van der Waals surface area contributed by atoms with Crippen LogP contribution in [0, 0.1) is 11.8 Å². The van der Waals surface area contributed by atoms with Crippen molar-refractivity contribution in [1.29, 1.82) is 0 Å². The van der Waals surface area contributed by atoms with Gasteiger partial charge in [-0.1, -0.05) is 13.8 Å². The first-order valence-corrected chi connectivity index (χ1v) is 6.32. The van der Waals surface area contributed by atoms with Gasteiger partial charge in [0, 0.05) is 11.6 Å². The van der Waals surface area contributed by atoms with E-state index in [-0.39, 0.29) is 0 Å². The second-order valence-electron chi connectivity index (χ2n) is 6.01. The maximum atomic E-state index is 2.77. The Labute approximate surface area is 88.9 Å². The monoisotopic (exact) mass is 195 g/mol. The van der Waals surface area contributed by atoms with Crippen LogP contribution in [-0.2, 0) is 0 Å². The molecule has 14 heavy (non-hydrogen) atoms. The van der Waals surface area contributed by atoms with Crippen LogP contribution in [0.5, 0.6) is 0 Å². The van der Waals surface area contributed by atoms with Crippen LogP contribution in [0.2, 0.25) is 0 Å². The van der Waals surface area contributed by atoms with E-state index < -0.39 is 0 Å². The lowest BCUT2D eigenvalue weighted by atomic mass is 9.81. The van der Waals surface area contributed by atoms with Gasteiger partial charge >= 0.3 is 0 Å². The van der Waals surface area contributed by atoms with Gasteiger partial charge in [-0.2, -0.15) is 0 Å². The maximum absolute atomic E-state index is 2.77. The van der Waals surface area contributed by atoms with Crippen molar-refractivity contribution in [1.82, 2.24) is 4.90 Å². The predicted octanol–water partition coefficient (Wildman–Crippen LogP) is 3.30. The minimum Gasteiger partial charge on any atom is -0.295 e. The lowest BCUT2D eigenvalue weighted by molar-refractivity contribution is 0.0504. The molecule has 1 saturated heterocycles. The Balaban J connectivity index is 2.02. The Morgan fingerprint density at radius 2 is 1.79 bits per heavy atom. The Morgan fingerprint density at radius 3 is 2.21 bits per heavy atom. The Bertz CT molecular complexity index is 203. The minimum absolute atomic E-state index is 0.654. The molecule has 0 aromatic rings. The summed E-state index contributed by atoms with van der Waals surface area (Å²) in [5, 5.41) is 0. The van der Waals surface area contributed by atoms with Crippen molar-refractivity contribution in [2.24, 2.45) is 11.8 Å². The Hall–Kier alpha value is -0.0400. The van der Waals surface area contributed by atoms with Crippen molar-refractivity contribution in [3.8, 4) is 0 Å². The van der Waals surface area contributed by atoms with Crippen molar-refractivity contribution < 1.29 is 0 Å². The van der Waals surface area contributed by atoms with Crippen molar-refractivity contribution in [2.45, 2.75) is 65.0 Å². The third-order valence-corrected chi connectivity index (χ3v) is 4.39. The van der Waals surface area contributed by atoms with Crippen LogP contribution in [0.25, 0.3) is 0 Å². The standard InChI is InChI=1S/C13H25N/c1-10(2)12-5-8-14(11(3)4)13(9-12)6-7-13/h10-12H,5-9H2,1-4H3. The van der Waals surface area contributed by atoms with E-state index in [0.717, 1.165) is 17.9 Å². The zero-order valence-corrected chi connectivity index (χ0v) is 10.2. The minimum atomic E-state index is 0.654. The van der Waals surface area contributed by atoms with Gasteiger partial charge in [-0.3, -0.25) is 4.90 Å². The molecule has 82 valence electrons. The average Bonchev–Trinajstić information content (AvgIpc) is 2.84. The molecule has 1 unspecified atom stereocenters. The fraction of sp³-hybridized carbons (Fsp3) is 1.00. The van der Waals surface area contributed by atoms with Crippen LogP contribution in [-0.4, -0.2) is 23.0 Å². The van der Waals surface area contributed by atoms with Crippen molar-refractivity contribution in [3.05, 3.63) is 0 Å². The topological polar surface area (TPSA) is 3.24 Å². The van der Waals surface area contributed by atoms with E-state index in [2.05, 4.69) is 32.6 Å². The molecule has 2 aliphatic rings. The molecule has 2 fully saturated rings. The molecule has 1 saturated carbocycles. The highest BCUT2D eigenvalue weighted by Gasteiger charge is 2.52. The van der Waals surface area contributed by atoms with Crippen LogP contribution in [0.15, 0.2) is 0 Å². The summed E-state index contributed by atoms with van der Waals surface area (Å²) in [6.07, 6.45) is 5.84. The van der Waals surface area contributed by atoms with E-state index in [1.54, 1.807) is 0 Å². The smallest absolute Gasteiger partial charge is 0.0216 e. The van der Waals surface area contributed by atoms with Crippen LogP contribution >= 0.6 is 0 Å². The quantitative estimate of drug-likeness (QED) is 0.653. The van der Waals surface area contributed by atoms with Gasteiger partial charge in [-0.25, -0.2) is 0 Å². The third kappa shape index (κ3) is 1.71. The number of rotatable bonds is 2. The maximum Gasteiger partial charge on any atom is 0.0216 e. The number of nitrogens with zero attached hydrogens (tertiary/aromatic N) is 1. The lowest BCUT2D eigenvalue weighted by Gasteiger charge is -2.44. The summed E-state index contributed by atoms with van der Waals surface area (Å²) < 4.78 is 0. The van der Waals surface area contributed by atoms with Gasteiger partial charge in [-0.05, 0) is 57.9 Å². The predicted molar refractivity (Wildman–Crippen MR) is 61.4 cm³/mol. The largest absolute Gasteiger partial charge is 0.295 e. The summed E-state index contributed by atoms with van der Waals surface area (Å²) in [6.45, 7) is 10.9. The number of hydrogen-bond donors (Lipinski definition) is 0. The van der Waals surface area contributed by atoms with Crippen LogP contribution in [0.3, 0.4) is 0 Å². The van der Waals surface area contributed by atoms with E-state index in [0.29, 0.717) is 5.54 Å². The highest BCUT2D eigenvalue weighted by Crippen LogP contribution is 2.51. The zero-order valence-electron chi connectivity index (χ0n) is 10.2. The Morgan fingerprint density at radius 1 is 1.14 bits per heavy atom. The van der Waals surface area contributed by atoms with Gasteiger partial charge in [-0.15, -0.1) is 0 Å². The molecule has 0 aromatic heterocycles. The SMILES string of the molecule is CC(C)C1CCN(C(C)C)C2(CC2)C1. The normalized spacial score (nSPS) is 31.7. The van der Waals surface area contributed by atoms with E-state index in [1.165, 1.54) is 32.2 Å². The molecule has 0 N–H and O–H groups in total. The van der Waals surface area contributed by atoms with Gasteiger partial charge < -0.3 is 0 Å². The number of piperidine rings is 1. The fourth-order valence-electron chi connectivity index (χ4n) is 3.26. The lowest BCUT2D eigenvalue weighted by Crippen LogP contribution is -2.48. The highest BCUT2D eigenvalue weighted by molar-refractivity contribution is 5.08. The molecule has 1 heterocycles. The molecule has 0 bridgehead atoms.